The van der Waals surface area contributed by atoms with E-state index in [4.69, 9.17) is 0 Å². The lowest BCUT2D eigenvalue weighted by Crippen LogP contribution is -2.58. The molecule has 2 rings (SSSR count). The fourth-order valence-corrected chi connectivity index (χ4v) is 3.15. The highest BCUT2D eigenvalue weighted by atomic mass is 16.2. The van der Waals surface area contributed by atoms with Gasteiger partial charge >= 0.3 is 0 Å². The maximum absolute atomic E-state index is 12.8. The third-order valence-electron chi connectivity index (χ3n) is 4.37. The molecule has 4 heteroatoms. The van der Waals surface area contributed by atoms with E-state index in [9.17, 15) is 9.59 Å². The lowest BCUT2D eigenvalue weighted by molar-refractivity contribution is -0.140. The van der Waals surface area contributed by atoms with Gasteiger partial charge in [-0.2, -0.15) is 0 Å². The average Bonchev–Trinajstić information content (AvgIpc) is 2.48. The van der Waals surface area contributed by atoms with Crippen LogP contribution in [0.15, 0.2) is 0 Å². The molecule has 1 aliphatic heterocycles. The molecule has 1 saturated heterocycles. The summed E-state index contributed by atoms with van der Waals surface area (Å²) in [5, 5.41) is 3.03. The molecule has 108 valence electrons. The summed E-state index contributed by atoms with van der Waals surface area (Å²) in [7, 11) is 0. The normalized spacial score (nSPS) is 23.6. The summed E-state index contributed by atoms with van der Waals surface area (Å²) in [5.41, 5.74) is -0.581. The zero-order chi connectivity index (χ0) is 13.9. The first-order chi connectivity index (χ1) is 9.03. The molecule has 1 saturated carbocycles. The van der Waals surface area contributed by atoms with Crippen molar-refractivity contribution in [2.75, 3.05) is 13.1 Å². The molecule has 0 aromatic heterocycles. The second-order valence-electron chi connectivity index (χ2n) is 6.42. The Balaban J connectivity index is 2.12. The van der Waals surface area contributed by atoms with Crippen LogP contribution in [0.4, 0.5) is 0 Å². The molecule has 1 N–H and O–H groups in total. The Hall–Kier alpha value is -1.06. The van der Waals surface area contributed by atoms with E-state index in [0.717, 1.165) is 38.6 Å². The standard InChI is InChI=1S/C15H26N2O2/c1-12(2)6-10-17-11-7-13(18)16-15(14(17)19)8-4-3-5-9-15/h12H,3-11H2,1-2H3,(H,16,18). The number of hydrogen-bond donors (Lipinski definition) is 1. The Morgan fingerprint density at radius 3 is 2.53 bits per heavy atom. The van der Waals surface area contributed by atoms with Gasteiger partial charge in [-0.15, -0.1) is 0 Å². The van der Waals surface area contributed by atoms with Crippen molar-refractivity contribution in [3.8, 4) is 0 Å². The minimum atomic E-state index is -0.581. The predicted molar refractivity (Wildman–Crippen MR) is 74.6 cm³/mol. The van der Waals surface area contributed by atoms with Crippen molar-refractivity contribution in [2.45, 2.75) is 64.3 Å². The summed E-state index contributed by atoms with van der Waals surface area (Å²) in [5.74, 6) is 0.794. The number of carbonyl (C=O) groups excluding carboxylic acids is 2. The first-order valence-corrected chi connectivity index (χ1v) is 7.64. The van der Waals surface area contributed by atoms with Gasteiger partial charge in [-0.1, -0.05) is 33.1 Å². The van der Waals surface area contributed by atoms with Crippen molar-refractivity contribution in [3.63, 3.8) is 0 Å². The molecule has 2 aliphatic rings. The molecule has 0 atom stereocenters. The fraction of sp³-hybridized carbons (Fsp3) is 0.867. The van der Waals surface area contributed by atoms with E-state index in [1.807, 2.05) is 4.90 Å². The van der Waals surface area contributed by atoms with Crippen molar-refractivity contribution >= 4 is 11.8 Å². The quantitative estimate of drug-likeness (QED) is 0.850. The maximum Gasteiger partial charge on any atom is 0.248 e. The summed E-state index contributed by atoms with van der Waals surface area (Å²) in [4.78, 5) is 26.6. The SMILES string of the molecule is CC(C)CCN1CCC(=O)NC2(CCCCC2)C1=O. The number of amides is 2. The van der Waals surface area contributed by atoms with Gasteiger partial charge < -0.3 is 10.2 Å². The number of rotatable bonds is 3. The lowest BCUT2D eigenvalue weighted by Gasteiger charge is -2.38. The van der Waals surface area contributed by atoms with Crippen molar-refractivity contribution in [2.24, 2.45) is 5.92 Å². The van der Waals surface area contributed by atoms with Crippen LogP contribution < -0.4 is 5.32 Å². The maximum atomic E-state index is 12.8. The van der Waals surface area contributed by atoms with Gasteiger partial charge in [0.05, 0.1) is 0 Å². The first-order valence-electron chi connectivity index (χ1n) is 7.64. The monoisotopic (exact) mass is 266 g/mol. The Morgan fingerprint density at radius 2 is 1.89 bits per heavy atom. The van der Waals surface area contributed by atoms with Crippen LogP contribution in [0.1, 0.15) is 58.8 Å². The Labute approximate surface area is 115 Å². The summed E-state index contributed by atoms with van der Waals surface area (Å²) in [6.07, 6.45) is 6.36. The van der Waals surface area contributed by atoms with Gasteiger partial charge in [0, 0.05) is 19.5 Å². The van der Waals surface area contributed by atoms with E-state index in [-0.39, 0.29) is 11.8 Å². The molecule has 0 unspecified atom stereocenters. The van der Waals surface area contributed by atoms with Gasteiger partial charge in [0.25, 0.3) is 0 Å². The van der Waals surface area contributed by atoms with E-state index >= 15 is 0 Å². The molecule has 0 bridgehead atoms. The minimum Gasteiger partial charge on any atom is -0.342 e. The van der Waals surface area contributed by atoms with Crippen LogP contribution in [0.25, 0.3) is 0 Å². The molecule has 1 spiro atoms. The molecular formula is C15H26N2O2. The van der Waals surface area contributed by atoms with Gasteiger partial charge in [0.2, 0.25) is 11.8 Å². The number of hydrogen-bond acceptors (Lipinski definition) is 2. The van der Waals surface area contributed by atoms with Crippen molar-refractivity contribution in [1.29, 1.82) is 0 Å². The second kappa shape index (κ2) is 5.93. The van der Waals surface area contributed by atoms with Crippen LogP contribution in [0.3, 0.4) is 0 Å². The van der Waals surface area contributed by atoms with Crippen LogP contribution in [-0.4, -0.2) is 35.3 Å². The van der Waals surface area contributed by atoms with Crippen LogP contribution in [-0.2, 0) is 9.59 Å². The highest BCUT2D eigenvalue weighted by Crippen LogP contribution is 2.31. The minimum absolute atomic E-state index is 0.0438. The third kappa shape index (κ3) is 3.28. The summed E-state index contributed by atoms with van der Waals surface area (Å²) < 4.78 is 0. The van der Waals surface area contributed by atoms with Crippen LogP contribution in [0.5, 0.6) is 0 Å². The first kappa shape index (κ1) is 14.4. The Kier molecular flexibility index (Phi) is 4.48. The van der Waals surface area contributed by atoms with E-state index in [0.29, 0.717) is 18.9 Å². The molecule has 4 nitrogen and oxygen atoms in total. The Bertz CT molecular complexity index is 346. The molecular weight excluding hydrogens is 240 g/mol. The van der Waals surface area contributed by atoms with Crippen LogP contribution in [0, 0.1) is 5.92 Å². The van der Waals surface area contributed by atoms with Crippen molar-refractivity contribution in [3.05, 3.63) is 0 Å². The van der Waals surface area contributed by atoms with Gasteiger partial charge in [0.15, 0.2) is 0 Å². The van der Waals surface area contributed by atoms with Crippen molar-refractivity contribution in [1.82, 2.24) is 10.2 Å². The highest BCUT2D eigenvalue weighted by Gasteiger charge is 2.44. The van der Waals surface area contributed by atoms with Crippen molar-refractivity contribution < 1.29 is 9.59 Å². The largest absolute Gasteiger partial charge is 0.342 e. The van der Waals surface area contributed by atoms with E-state index < -0.39 is 5.54 Å². The average molecular weight is 266 g/mol. The molecule has 1 heterocycles. The van der Waals surface area contributed by atoms with E-state index in [1.165, 1.54) is 6.42 Å². The van der Waals surface area contributed by atoms with E-state index in [2.05, 4.69) is 19.2 Å². The smallest absolute Gasteiger partial charge is 0.248 e. The summed E-state index contributed by atoms with van der Waals surface area (Å²) in [6, 6.07) is 0. The third-order valence-corrected chi connectivity index (χ3v) is 4.37. The zero-order valence-corrected chi connectivity index (χ0v) is 12.2. The molecule has 2 fully saturated rings. The topological polar surface area (TPSA) is 49.4 Å². The molecule has 0 aromatic carbocycles. The zero-order valence-electron chi connectivity index (χ0n) is 12.2. The lowest BCUT2D eigenvalue weighted by atomic mass is 9.80. The second-order valence-corrected chi connectivity index (χ2v) is 6.42. The summed E-state index contributed by atoms with van der Waals surface area (Å²) in [6.45, 7) is 5.70. The van der Waals surface area contributed by atoms with E-state index in [1.54, 1.807) is 0 Å². The van der Waals surface area contributed by atoms with Crippen LogP contribution in [0.2, 0.25) is 0 Å². The molecule has 1 aliphatic carbocycles. The number of carbonyl (C=O) groups is 2. The van der Waals surface area contributed by atoms with Gasteiger partial charge in [-0.25, -0.2) is 0 Å². The van der Waals surface area contributed by atoms with Gasteiger partial charge in [-0.05, 0) is 25.2 Å². The Morgan fingerprint density at radius 1 is 1.21 bits per heavy atom. The van der Waals surface area contributed by atoms with Crippen LogP contribution >= 0.6 is 0 Å². The molecule has 19 heavy (non-hydrogen) atoms. The number of nitrogens with zero attached hydrogens (tertiary/aromatic N) is 1. The summed E-state index contributed by atoms with van der Waals surface area (Å²) >= 11 is 0. The predicted octanol–water partition coefficient (Wildman–Crippen LogP) is 2.08. The fourth-order valence-electron chi connectivity index (χ4n) is 3.15. The van der Waals surface area contributed by atoms with Gasteiger partial charge in [-0.3, -0.25) is 9.59 Å². The number of nitrogens with one attached hydrogen (secondary N) is 1. The molecule has 0 radical (unpaired) electrons. The van der Waals surface area contributed by atoms with Gasteiger partial charge in [0.1, 0.15) is 5.54 Å². The molecule has 2 amide bonds. The molecule has 0 aromatic rings. The highest BCUT2D eigenvalue weighted by molar-refractivity contribution is 5.93.